The average molecular weight is 358 g/mol. The molecule has 0 aliphatic rings. The first kappa shape index (κ1) is 18.2. The van der Waals surface area contributed by atoms with Crippen LogP contribution in [0, 0.1) is 6.54 Å². The molecule has 15 heavy (non-hydrogen) atoms. The van der Waals surface area contributed by atoms with E-state index in [2.05, 4.69) is 25.6 Å². The number of hydrogen-bond acceptors (Lipinski definition) is 5. The smallest absolute Gasteiger partial charge is 0.227 e. The largest absolute Gasteiger partial charge is 0.504 e. The van der Waals surface area contributed by atoms with Crippen molar-refractivity contribution in [1.29, 1.82) is 0 Å². The Balaban J connectivity index is 0. The number of aromatic nitrogens is 3. The summed E-state index contributed by atoms with van der Waals surface area (Å²) >= 11 is 0. The van der Waals surface area contributed by atoms with E-state index in [0.29, 0.717) is 11.9 Å². The second-order valence-corrected chi connectivity index (χ2v) is 2.44. The maximum Gasteiger partial charge on any atom is 0.227 e. The van der Waals surface area contributed by atoms with Gasteiger partial charge < -0.3 is 10.6 Å². The van der Waals surface area contributed by atoms with Gasteiger partial charge in [0, 0.05) is 78.9 Å². The maximum atomic E-state index is 4.18. The molecule has 0 saturated heterocycles. The molecule has 0 unspecified atom stereocenters. The van der Waals surface area contributed by atoms with Gasteiger partial charge in [-0.1, -0.05) is 6.92 Å². The summed E-state index contributed by atoms with van der Waals surface area (Å²) < 4.78 is 0. The summed E-state index contributed by atoms with van der Waals surface area (Å²) in [5.74, 6) is 1.96. The van der Waals surface area contributed by atoms with Crippen LogP contribution in [-0.2, 0) is 71.8 Å². The molecular formula is C8H14N5Y2-. The van der Waals surface area contributed by atoms with Gasteiger partial charge in [-0.05, 0) is 0 Å². The van der Waals surface area contributed by atoms with Crippen LogP contribution >= 0.6 is 0 Å². The fourth-order valence-corrected chi connectivity index (χ4v) is 0.883. The van der Waals surface area contributed by atoms with Crippen LogP contribution < -0.4 is 10.6 Å². The number of hydrogen-bond donors (Lipinski definition) is 2. The van der Waals surface area contributed by atoms with Crippen molar-refractivity contribution >= 4 is 11.9 Å². The quantitative estimate of drug-likeness (QED) is 0.789. The zero-order valence-corrected chi connectivity index (χ0v) is 15.0. The van der Waals surface area contributed by atoms with Crippen molar-refractivity contribution < 1.29 is 65.4 Å². The molecule has 1 aromatic heterocycles. The molecule has 5 nitrogen and oxygen atoms in total. The first-order valence-electron chi connectivity index (χ1n) is 4.27. The van der Waals surface area contributed by atoms with E-state index >= 15 is 0 Å². The minimum absolute atomic E-state index is 0. The fourth-order valence-electron chi connectivity index (χ4n) is 0.883. The van der Waals surface area contributed by atoms with Gasteiger partial charge in [-0.3, -0.25) is 0 Å². The summed E-state index contributed by atoms with van der Waals surface area (Å²) in [6, 6.07) is 0. The van der Waals surface area contributed by atoms with Crippen LogP contribution in [0.4, 0.5) is 11.9 Å². The van der Waals surface area contributed by atoms with E-state index < -0.39 is 0 Å². The molecule has 0 amide bonds. The first-order chi connectivity index (χ1) is 6.30. The van der Waals surface area contributed by atoms with E-state index in [0.717, 1.165) is 12.2 Å². The summed E-state index contributed by atoms with van der Waals surface area (Å²) in [5.41, 5.74) is 0. The van der Waals surface area contributed by atoms with Gasteiger partial charge in [0.15, 0.2) is 5.95 Å². The van der Waals surface area contributed by atoms with Crippen molar-refractivity contribution in [1.82, 2.24) is 15.0 Å². The van der Waals surface area contributed by atoms with Crippen LogP contribution in [0.3, 0.4) is 0 Å². The molecule has 7 heteroatoms. The van der Waals surface area contributed by atoms with Gasteiger partial charge in [0.05, 0.1) is 0 Å². The Kier molecular flexibility index (Phi) is 12.1. The number of anilines is 2. The van der Waals surface area contributed by atoms with Crippen LogP contribution in [0.5, 0.6) is 0 Å². The predicted molar refractivity (Wildman–Crippen MR) is 52.3 cm³/mol. The zero-order chi connectivity index (χ0) is 9.68. The second kappa shape index (κ2) is 10.0. The molecule has 2 radical (unpaired) electrons. The van der Waals surface area contributed by atoms with Gasteiger partial charge in [0.1, 0.15) is 5.82 Å². The van der Waals surface area contributed by atoms with Gasteiger partial charge in [-0.15, -0.1) is 0 Å². The molecule has 0 aliphatic carbocycles. The molecule has 0 aromatic carbocycles. The van der Waals surface area contributed by atoms with Gasteiger partial charge in [-0.25, -0.2) is 6.54 Å². The number of nitrogens with zero attached hydrogens (tertiary/aromatic N) is 3. The fraction of sp³-hybridized carbons (Fsp3) is 0.500. The Labute approximate surface area is 141 Å². The minimum atomic E-state index is 0. The summed E-state index contributed by atoms with van der Waals surface area (Å²) in [4.78, 5) is 12.5. The second-order valence-electron chi connectivity index (χ2n) is 2.44. The van der Waals surface area contributed by atoms with E-state index in [1.807, 2.05) is 13.8 Å². The van der Waals surface area contributed by atoms with Crippen LogP contribution in [0.15, 0.2) is 0 Å². The third-order valence-corrected chi connectivity index (χ3v) is 1.49. The molecule has 0 bridgehead atoms. The Morgan fingerprint density at radius 1 is 1.13 bits per heavy atom. The van der Waals surface area contributed by atoms with E-state index in [-0.39, 0.29) is 65.4 Å². The molecule has 1 heterocycles. The van der Waals surface area contributed by atoms with Gasteiger partial charge in [0.25, 0.3) is 0 Å². The van der Waals surface area contributed by atoms with Crippen molar-refractivity contribution in [3.63, 3.8) is 0 Å². The maximum absolute atomic E-state index is 4.18. The van der Waals surface area contributed by atoms with Gasteiger partial charge in [0.2, 0.25) is 5.95 Å². The van der Waals surface area contributed by atoms with Crippen molar-refractivity contribution in [2.75, 3.05) is 17.7 Å². The summed E-state index contributed by atoms with van der Waals surface area (Å²) in [6.45, 7) is 5.68. The van der Waals surface area contributed by atoms with Crippen LogP contribution in [-0.4, -0.2) is 22.0 Å². The van der Waals surface area contributed by atoms with E-state index in [1.54, 1.807) is 13.6 Å². The molecule has 1 rings (SSSR count). The molecule has 0 saturated carbocycles. The summed E-state index contributed by atoms with van der Waals surface area (Å²) in [5, 5.41) is 5.81. The van der Waals surface area contributed by atoms with Crippen molar-refractivity contribution in [3.05, 3.63) is 12.4 Å². The Bertz CT molecular complexity index is 259. The molecule has 0 atom stereocenters. The number of aryl methyl sites for hydroxylation is 1. The molecule has 1 aromatic rings. The normalized spacial score (nSPS) is 8.47. The minimum Gasteiger partial charge on any atom is -0.504 e. The Morgan fingerprint density at radius 3 is 2.20 bits per heavy atom. The third kappa shape index (κ3) is 6.20. The van der Waals surface area contributed by atoms with Crippen molar-refractivity contribution in [3.8, 4) is 0 Å². The van der Waals surface area contributed by atoms with Crippen LogP contribution in [0.2, 0.25) is 0 Å². The Hall–Kier alpha value is 0.818. The SMILES string of the molecule is C[CH-]Nc1nc(CC)nc(NC)n1.[Y].[Y]. The van der Waals surface area contributed by atoms with Crippen molar-refractivity contribution in [2.24, 2.45) is 0 Å². The molecular weight excluding hydrogens is 344 g/mol. The third-order valence-electron chi connectivity index (χ3n) is 1.49. The number of nitrogens with one attached hydrogen (secondary N) is 2. The number of rotatable bonds is 4. The van der Waals surface area contributed by atoms with Gasteiger partial charge in [-0.2, -0.15) is 21.9 Å². The van der Waals surface area contributed by atoms with Gasteiger partial charge >= 0.3 is 0 Å². The zero-order valence-electron chi connectivity index (χ0n) is 9.28. The average Bonchev–Trinajstić information content (AvgIpc) is 2.17. The molecule has 2 N–H and O–H groups in total. The molecule has 78 valence electrons. The predicted octanol–water partition coefficient (Wildman–Crippen LogP) is 1.06. The molecule has 0 spiro atoms. The molecule has 0 aliphatic heterocycles. The Morgan fingerprint density at radius 2 is 1.73 bits per heavy atom. The summed E-state index contributed by atoms with van der Waals surface area (Å²) in [6.07, 6.45) is 0.801. The summed E-state index contributed by atoms with van der Waals surface area (Å²) in [7, 11) is 1.79. The topological polar surface area (TPSA) is 62.7 Å². The van der Waals surface area contributed by atoms with E-state index in [9.17, 15) is 0 Å². The van der Waals surface area contributed by atoms with Crippen molar-refractivity contribution in [2.45, 2.75) is 20.3 Å². The van der Waals surface area contributed by atoms with E-state index in [4.69, 9.17) is 0 Å². The standard InChI is InChI=1S/C8H14N5.2Y/c1-4-6-11-7(9-3)13-8(12-6)10-5-2;;/h5H,4H2,1-3H3,(H2,9,10,11,12,13);;/q-1;;. The van der Waals surface area contributed by atoms with E-state index in [1.165, 1.54) is 0 Å². The first-order valence-corrected chi connectivity index (χ1v) is 4.27. The van der Waals surface area contributed by atoms with Crippen LogP contribution in [0.25, 0.3) is 0 Å². The van der Waals surface area contributed by atoms with Crippen LogP contribution in [0.1, 0.15) is 19.7 Å². The monoisotopic (exact) mass is 358 g/mol. The molecule has 0 fully saturated rings.